The first kappa shape index (κ1) is 18.6. The summed E-state index contributed by atoms with van der Waals surface area (Å²) in [6, 6.07) is 12.3. The quantitative estimate of drug-likeness (QED) is 0.896. The van der Waals surface area contributed by atoms with Crippen LogP contribution < -0.4 is 15.5 Å². The van der Waals surface area contributed by atoms with Gasteiger partial charge in [0.1, 0.15) is 0 Å². The molecule has 8 heteroatoms. The summed E-state index contributed by atoms with van der Waals surface area (Å²) >= 11 is 0. The van der Waals surface area contributed by atoms with Crippen LogP contribution in [0.3, 0.4) is 0 Å². The molecule has 2 aromatic carbocycles. The van der Waals surface area contributed by atoms with Crippen LogP contribution in [-0.4, -0.2) is 32.1 Å². The zero-order chi connectivity index (χ0) is 19.6. The third-order valence-corrected chi connectivity index (χ3v) is 4.59. The normalized spacial score (nSPS) is 14.7. The van der Waals surface area contributed by atoms with E-state index in [0.29, 0.717) is 37.4 Å². The molecule has 1 amide bonds. The van der Waals surface area contributed by atoms with Gasteiger partial charge in [-0.15, -0.1) is 0 Å². The van der Waals surface area contributed by atoms with Gasteiger partial charge >= 0.3 is 6.18 Å². The highest BCUT2D eigenvalue weighted by atomic mass is 19.4. The average molecular weight is 374 g/mol. The van der Waals surface area contributed by atoms with E-state index < -0.39 is 17.6 Å². The predicted octanol–water partition coefficient (Wildman–Crippen LogP) is 3.00. The van der Waals surface area contributed by atoms with E-state index in [2.05, 4.69) is 4.90 Å². The summed E-state index contributed by atoms with van der Waals surface area (Å²) in [4.78, 5) is 15.1. The van der Waals surface area contributed by atoms with E-state index in [1.54, 1.807) is 36.4 Å². The van der Waals surface area contributed by atoms with Crippen LogP contribution in [0.1, 0.15) is 21.5 Å². The third kappa shape index (κ3) is 3.97. The van der Waals surface area contributed by atoms with Crippen LogP contribution in [0.15, 0.2) is 42.5 Å². The molecule has 2 aromatic rings. The molecule has 5 nitrogen and oxygen atoms in total. The van der Waals surface area contributed by atoms with Crippen LogP contribution in [0, 0.1) is 11.3 Å². The summed E-state index contributed by atoms with van der Waals surface area (Å²) in [5.41, 5.74) is 5.74. The Labute approximate surface area is 154 Å². The molecule has 27 heavy (non-hydrogen) atoms. The van der Waals surface area contributed by atoms with Gasteiger partial charge in [-0.25, -0.2) is 0 Å². The SMILES string of the molecule is N#Cc1ccc(N2CCN(c3ccc(C(N)=O)cc3)CC2)cc1C(F)(F)F. The molecule has 0 atom stereocenters. The number of benzene rings is 2. The summed E-state index contributed by atoms with van der Waals surface area (Å²) in [6.45, 7) is 2.33. The number of carbonyl (C=O) groups excluding carboxylic acids is 1. The highest BCUT2D eigenvalue weighted by molar-refractivity contribution is 5.93. The molecule has 0 aromatic heterocycles. The maximum Gasteiger partial charge on any atom is 0.417 e. The second-order valence-corrected chi connectivity index (χ2v) is 6.22. The van der Waals surface area contributed by atoms with E-state index in [1.807, 2.05) is 4.90 Å². The van der Waals surface area contributed by atoms with Crippen molar-refractivity contribution < 1.29 is 18.0 Å². The number of carbonyl (C=O) groups is 1. The topological polar surface area (TPSA) is 73.4 Å². The summed E-state index contributed by atoms with van der Waals surface area (Å²) in [6.07, 6.45) is -4.56. The Morgan fingerprint density at radius 2 is 1.48 bits per heavy atom. The van der Waals surface area contributed by atoms with E-state index in [4.69, 9.17) is 11.0 Å². The summed E-state index contributed by atoms with van der Waals surface area (Å²) in [5.74, 6) is -0.493. The van der Waals surface area contributed by atoms with Gasteiger partial charge in [-0.3, -0.25) is 4.79 Å². The monoisotopic (exact) mass is 374 g/mol. The number of nitrogens with two attached hydrogens (primary N) is 1. The Balaban J connectivity index is 1.72. The molecule has 1 heterocycles. The van der Waals surface area contributed by atoms with Crippen LogP contribution in [0.25, 0.3) is 0 Å². The first-order valence-corrected chi connectivity index (χ1v) is 8.30. The molecule has 140 valence electrons. The van der Waals surface area contributed by atoms with Gasteiger partial charge in [-0.2, -0.15) is 18.4 Å². The molecule has 0 radical (unpaired) electrons. The van der Waals surface area contributed by atoms with Gasteiger partial charge in [-0.1, -0.05) is 0 Å². The Kier molecular flexibility index (Phi) is 4.95. The lowest BCUT2D eigenvalue weighted by Gasteiger charge is -2.37. The minimum absolute atomic E-state index is 0.376. The van der Waals surface area contributed by atoms with Crippen LogP contribution in [0.2, 0.25) is 0 Å². The van der Waals surface area contributed by atoms with Gasteiger partial charge in [0.05, 0.1) is 17.2 Å². The number of hydrogen-bond donors (Lipinski definition) is 1. The second kappa shape index (κ2) is 7.19. The highest BCUT2D eigenvalue weighted by Gasteiger charge is 2.34. The molecule has 1 aliphatic heterocycles. The summed E-state index contributed by atoms with van der Waals surface area (Å²) in [5, 5.41) is 8.90. The lowest BCUT2D eigenvalue weighted by Crippen LogP contribution is -2.46. The van der Waals surface area contributed by atoms with E-state index in [0.717, 1.165) is 11.8 Å². The van der Waals surface area contributed by atoms with Crippen molar-refractivity contribution in [1.82, 2.24) is 0 Å². The van der Waals surface area contributed by atoms with Crippen LogP contribution in [-0.2, 0) is 6.18 Å². The molecule has 0 saturated carbocycles. The van der Waals surface area contributed by atoms with E-state index in [1.165, 1.54) is 6.07 Å². The van der Waals surface area contributed by atoms with Gasteiger partial charge in [0.15, 0.2) is 0 Å². The number of anilines is 2. The molecule has 1 aliphatic rings. The average Bonchev–Trinajstić information content (AvgIpc) is 2.67. The van der Waals surface area contributed by atoms with Crippen molar-refractivity contribution in [1.29, 1.82) is 5.26 Å². The Hall–Kier alpha value is -3.21. The predicted molar refractivity (Wildman–Crippen MR) is 95.5 cm³/mol. The Bertz CT molecular complexity index is 879. The third-order valence-electron chi connectivity index (χ3n) is 4.59. The Morgan fingerprint density at radius 1 is 0.963 bits per heavy atom. The number of rotatable bonds is 3. The maximum absolute atomic E-state index is 13.1. The van der Waals surface area contributed by atoms with Gasteiger partial charge in [0, 0.05) is 43.1 Å². The zero-order valence-electron chi connectivity index (χ0n) is 14.3. The first-order chi connectivity index (χ1) is 12.8. The fraction of sp³-hybridized carbons (Fsp3) is 0.263. The van der Waals surface area contributed by atoms with E-state index in [-0.39, 0.29) is 5.56 Å². The van der Waals surface area contributed by atoms with Crippen LogP contribution in [0.5, 0.6) is 0 Å². The van der Waals surface area contributed by atoms with Crippen molar-refractivity contribution in [3.63, 3.8) is 0 Å². The number of amides is 1. The number of alkyl halides is 3. The van der Waals surface area contributed by atoms with Gasteiger partial charge in [-0.05, 0) is 42.5 Å². The van der Waals surface area contributed by atoms with E-state index >= 15 is 0 Å². The van der Waals surface area contributed by atoms with Gasteiger partial charge < -0.3 is 15.5 Å². The minimum Gasteiger partial charge on any atom is -0.368 e. The van der Waals surface area contributed by atoms with Crippen molar-refractivity contribution >= 4 is 17.3 Å². The Morgan fingerprint density at radius 3 is 1.96 bits per heavy atom. The van der Waals surface area contributed by atoms with Gasteiger partial charge in [0.25, 0.3) is 0 Å². The number of nitrogens with zero attached hydrogens (tertiary/aromatic N) is 3. The number of halogens is 3. The lowest BCUT2D eigenvalue weighted by atomic mass is 10.1. The number of nitriles is 1. The second-order valence-electron chi connectivity index (χ2n) is 6.22. The summed E-state index contributed by atoms with van der Waals surface area (Å²) in [7, 11) is 0. The largest absolute Gasteiger partial charge is 0.417 e. The molecule has 0 spiro atoms. The highest BCUT2D eigenvalue weighted by Crippen LogP contribution is 2.34. The molecule has 2 N–H and O–H groups in total. The van der Waals surface area contributed by atoms with Crippen molar-refractivity contribution in [3.8, 4) is 6.07 Å². The number of piperazine rings is 1. The molecule has 3 rings (SSSR count). The van der Waals surface area contributed by atoms with Crippen molar-refractivity contribution in [2.45, 2.75) is 6.18 Å². The zero-order valence-corrected chi connectivity index (χ0v) is 14.3. The molecule has 1 saturated heterocycles. The standard InChI is InChI=1S/C19H17F3N4O/c20-19(21,22)17-11-16(6-3-14(17)12-23)26-9-7-25(8-10-26)15-4-1-13(2-5-15)18(24)27/h1-6,11H,7-10H2,(H2,24,27). The summed E-state index contributed by atoms with van der Waals surface area (Å²) < 4.78 is 39.4. The van der Waals surface area contributed by atoms with Crippen molar-refractivity contribution in [3.05, 3.63) is 59.2 Å². The molecule has 0 aliphatic carbocycles. The fourth-order valence-electron chi connectivity index (χ4n) is 3.12. The molecule has 0 unspecified atom stereocenters. The van der Waals surface area contributed by atoms with Crippen LogP contribution >= 0.6 is 0 Å². The fourth-order valence-corrected chi connectivity index (χ4v) is 3.12. The number of primary amides is 1. The lowest BCUT2D eigenvalue weighted by molar-refractivity contribution is -0.137. The van der Waals surface area contributed by atoms with Gasteiger partial charge in [0.2, 0.25) is 5.91 Å². The molecular weight excluding hydrogens is 357 g/mol. The molecular formula is C19H17F3N4O. The van der Waals surface area contributed by atoms with Crippen molar-refractivity contribution in [2.24, 2.45) is 5.73 Å². The smallest absolute Gasteiger partial charge is 0.368 e. The molecule has 1 fully saturated rings. The minimum atomic E-state index is -4.56. The number of hydrogen-bond acceptors (Lipinski definition) is 4. The van der Waals surface area contributed by atoms with Crippen molar-refractivity contribution in [2.75, 3.05) is 36.0 Å². The van der Waals surface area contributed by atoms with Crippen LogP contribution in [0.4, 0.5) is 24.5 Å². The first-order valence-electron chi connectivity index (χ1n) is 8.30. The molecule has 0 bridgehead atoms. The van der Waals surface area contributed by atoms with E-state index in [9.17, 15) is 18.0 Å². The maximum atomic E-state index is 13.1.